The summed E-state index contributed by atoms with van der Waals surface area (Å²) in [5, 5.41) is 9.01. The van der Waals surface area contributed by atoms with E-state index in [1.807, 2.05) is 6.92 Å². The number of aliphatic hydroxyl groups excluding tert-OH is 1. The Morgan fingerprint density at radius 3 is 2.57 bits per heavy atom. The van der Waals surface area contributed by atoms with Crippen molar-refractivity contribution in [3.63, 3.8) is 0 Å². The molecule has 2 unspecified atom stereocenters. The van der Waals surface area contributed by atoms with Crippen LogP contribution in [0.25, 0.3) is 0 Å². The van der Waals surface area contributed by atoms with Gasteiger partial charge in [-0.05, 0) is 24.5 Å². The number of aldehydes is 1. The third-order valence-electron chi connectivity index (χ3n) is 3.56. The SMILES string of the molecule is CC(CO)CC(N)CN1C(=O)c2ccc(C=O)cc2C1=O. The zero-order valence-corrected chi connectivity index (χ0v) is 11.8. The highest BCUT2D eigenvalue weighted by atomic mass is 16.3. The number of hydrogen-bond donors (Lipinski definition) is 2. The molecule has 2 rings (SSSR count). The summed E-state index contributed by atoms with van der Waals surface area (Å²) in [5.41, 5.74) is 6.83. The molecule has 1 aromatic carbocycles. The Balaban J connectivity index is 2.15. The van der Waals surface area contributed by atoms with Gasteiger partial charge < -0.3 is 10.8 Å². The van der Waals surface area contributed by atoms with Crippen molar-refractivity contribution in [2.45, 2.75) is 19.4 Å². The van der Waals surface area contributed by atoms with Crippen molar-refractivity contribution in [1.82, 2.24) is 4.90 Å². The van der Waals surface area contributed by atoms with Crippen molar-refractivity contribution >= 4 is 18.1 Å². The Morgan fingerprint density at radius 1 is 1.29 bits per heavy atom. The van der Waals surface area contributed by atoms with E-state index in [0.717, 1.165) is 4.90 Å². The summed E-state index contributed by atoms with van der Waals surface area (Å²) in [7, 11) is 0. The molecule has 0 saturated carbocycles. The summed E-state index contributed by atoms with van der Waals surface area (Å²) in [5.74, 6) is -0.804. The van der Waals surface area contributed by atoms with Gasteiger partial charge in [-0.25, -0.2) is 0 Å². The topological polar surface area (TPSA) is 101 Å². The molecule has 0 spiro atoms. The van der Waals surface area contributed by atoms with Gasteiger partial charge in [0, 0.05) is 24.8 Å². The van der Waals surface area contributed by atoms with Crippen LogP contribution < -0.4 is 5.73 Å². The Kier molecular flexibility index (Phi) is 4.50. The fraction of sp³-hybridized carbons (Fsp3) is 0.400. The van der Waals surface area contributed by atoms with Crippen molar-refractivity contribution in [2.75, 3.05) is 13.2 Å². The van der Waals surface area contributed by atoms with Gasteiger partial charge in [0.05, 0.1) is 11.1 Å². The van der Waals surface area contributed by atoms with Gasteiger partial charge in [0.1, 0.15) is 6.29 Å². The van der Waals surface area contributed by atoms with Crippen LogP contribution in [-0.2, 0) is 0 Å². The summed E-state index contributed by atoms with van der Waals surface area (Å²) < 4.78 is 0. The third kappa shape index (κ3) is 3.01. The molecule has 3 N–H and O–H groups in total. The van der Waals surface area contributed by atoms with Gasteiger partial charge >= 0.3 is 0 Å². The third-order valence-corrected chi connectivity index (χ3v) is 3.56. The van der Waals surface area contributed by atoms with Crippen LogP contribution in [0.4, 0.5) is 0 Å². The lowest BCUT2D eigenvalue weighted by Gasteiger charge is -2.21. The lowest BCUT2D eigenvalue weighted by molar-refractivity contribution is 0.0639. The molecule has 0 fully saturated rings. The number of aliphatic hydroxyl groups is 1. The summed E-state index contributed by atoms with van der Waals surface area (Å²) >= 11 is 0. The number of amides is 2. The van der Waals surface area contributed by atoms with Crippen molar-refractivity contribution in [2.24, 2.45) is 11.7 Å². The van der Waals surface area contributed by atoms with Gasteiger partial charge in [-0.15, -0.1) is 0 Å². The van der Waals surface area contributed by atoms with Crippen molar-refractivity contribution in [3.05, 3.63) is 34.9 Å². The van der Waals surface area contributed by atoms with E-state index in [1.54, 1.807) is 0 Å². The summed E-state index contributed by atoms with van der Waals surface area (Å²) in [6.45, 7) is 1.96. The normalized spacial score (nSPS) is 16.8. The van der Waals surface area contributed by atoms with Crippen molar-refractivity contribution in [3.8, 4) is 0 Å². The standard InChI is InChI=1S/C15H18N2O4/c1-9(7-18)4-11(16)6-17-14(20)12-3-2-10(8-19)5-13(12)15(17)21/h2-3,5,8-9,11,18H,4,6-7,16H2,1H3. The fourth-order valence-corrected chi connectivity index (χ4v) is 2.45. The highest BCUT2D eigenvalue weighted by Crippen LogP contribution is 2.24. The highest BCUT2D eigenvalue weighted by molar-refractivity contribution is 6.21. The molecule has 112 valence electrons. The van der Waals surface area contributed by atoms with E-state index in [0.29, 0.717) is 23.8 Å². The minimum atomic E-state index is -0.425. The fourth-order valence-electron chi connectivity index (χ4n) is 2.45. The molecule has 1 aliphatic heterocycles. The van der Waals surface area contributed by atoms with E-state index in [9.17, 15) is 14.4 Å². The van der Waals surface area contributed by atoms with E-state index < -0.39 is 5.91 Å². The number of hydrogen-bond acceptors (Lipinski definition) is 5. The highest BCUT2D eigenvalue weighted by Gasteiger charge is 2.36. The van der Waals surface area contributed by atoms with Crippen molar-refractivity contribution < 1.29 is 19.5 Å². The first-order valence-electron chi connectivity index (χ1n) is 6.79. The monoisotopic (exact) mass is 290 g/mol. The van der Waals surface area contributed by atoms with E-state index in [1.165, 1.54) is 18.2 Å². The molecule has 2 amide bonds. The number of imide groups is 1. The maximum atomic E-state index is 12.3. The van der Waals surface area contributed by atoms with Gasteiger partial charge in [-0.1, -0.05) is 13.0 Å². The number of nitrogens with two attached hydrogens (primary N) is 1. The predicted octanol–water partition coefficient (Wildman–Crippen LogP) is 0.441. The molecule has 0 aliphatic carbocycles. The second-order valence-electron chi connectivity index (χ2n) is 5.43. The number of benzene rings is 1. The Morgan fingerprint density at radius 2 is 1.95 bits per heavy atom. The van der Waals surface area contributed by atoms with Crippen LogP contribution in [-0.4, -0.2) is 47.3 Å². The minimum Gasteiger partial charge on any atom is -0.396 e. The van der Waals surface area contributed by atoms with E-state index in [4.69, 9.17) is 10.8 Å². The first kappa shape index (κ1) is 15.3. The molecule has 1 aromatic rings. The van der Waals surface area contributed by atoms with E-state index in [2.05, 4.69) is 0 Å². The summed E-state index contributed by atoms with van der Waals surface area (Å²) in [4.78, 5) is 36.3. The predicted molar refractivity (Wildman–Crippen MR) is 76.0 cm³/mol. The zero-order valence-electron chi connectivity index (χ0n) is 11.8. The van der Waals surface area contributed by atoms with Gasteiger partial charge in [-0.3, -0.25) is 19.3 Å². The number of nitrogens with zero attached hydrogens (tertiary/aromatic N) is 1. The van der Waals surface area contributed by atoms with Gasteiger partial charge in [0.2, 0.25) is 0 Å². The smallest absolute Gasteiger partial charge is 0.261 e. The molecule has 1 heterocycles. The van der Waals surface area contributed by atoms with Crippen LogP contribution in [0.1, 0.15) is 44.4 Å². The lowest BCUT2D eigenvalue weighted by atomic mass is 10.0. The first-order valence-corrected chi connectivity index (χ1v) is 6.79. The molecular weight excluding hydrogens is 272 g/mol. The second kappa shape index (κ2) is 6.15. The maximum Gasteiger partial charge on any atom is 0.261 e. The molecular formula is C15H18N2O4. The van der Waals surface area contributed by atoms with Gasteiger partial charge in [0.15, 0.2) is 0 Å². The molecule has 0 saturated heterocycles. The molecule has 6 heteroatoms. The average molecular weight is 290 g/mol. The zero-order chi connectivity index (χ0) is 15.6. The number of fused-ring (bicyclic) bond motifs is 1. The van der Waals surface area contributed by atoms with Crippen LogP contribution in [0.3, 0.4) is 0 Å². The van der Waals surface area contributed by atoms with E-state index in [-0.39, 0.29) is 36.6 Å². The van der Waals surface area contributed by atoms with Crippen LogP contribution in [0.2, 0.25) is 0 Å². The summed E-state index contributed by atoms with van der Waals surface area (Å²) in [6.07, 6.45) is 1.15. The second-order valence-corrected chi connectivity index (χ2v) is 5.43. The van der Waals surface area contributed by atoms with Crippen LogP contribution in [0.15, 0.2) is 18.2 Å². The van der Waals surface area contributed by atoms with Crippen LogP contribution in [0.5, 0.6) is 0 Å². The van der Waals surface area contributed by atoms with E-state index >= 15 is 0 Å². The van der Waals surface area contributed by atoms with Crippen molar-refractivity contribution in [1.29, 1.82) is 0 Å². The number of carbonyl (C=O) groups is 3. The minimum absolute atomic E-state index is 0.0110. The van der Waals surface area contributed by atoms with Gasteiger partial charge in [-0.2, -0.15) is 0 Å². The summed E-state index contributed by atoms with van der Waals surface area (Å²) in [6, 6.07) is 4.03. The number of rotatable bonds is 6. The molecule has 1 aliphatic rings. The first-order chi connectivity index (χ1) is 9.97. The lowest BCUT2D eigenvalue weighted by Crippen LogP contribution is -2.41. The maximum absolute atomic E-state index is 12.3. The average Bonchev–Trinajstić information content (AvgIpc) is 2.71. The van der Waals surface area contributed by atoms with Crippen LogP contribution >= 0.6 is 0 Å². The van der Waals surface area contributed by atoms with Crippen LogP contribution in [0, 0.1) is 5.92 Å². The van der Waals surface area contributed by atoms with Gasteiger partial charge in [0.25, 0.3) is 11.8 Å². The Bertz CT molecular complexity index is 585. The Hall–Kier alpha value is -2.05. The Labute approximate surface area is 122 Å². The molecule has 0 bridgehead atoms. The molecule has 6 nitrogen and oxygen atoms in total. The quantitative estimate of drug-likeness (QED) is 0.585. The molecule has 21 heavy (non-hydrogen) atoms. The molecule has 0 radical (unpaired) electrons. The number of carbonyl (C=O) groups excluding carboxylic acids is 3. The largest absolute Gasteiger partial charge is 0.396 e. The molecule has 2 atom stereocenters. The molecule has 0 aromatic heterocycles.